The Kier molecular flexibility index (Phi) is 5.61. The molecule has 3 aromatic rings. The molecule has 8 heteroatoms. The van der Waals surface area contributed by atoms with Gasteiger partial charge in [0, 0.05) is 23.2 Å². The Morgan fingerprint density at radius 2 is 1.89 bits per heavy atom. The van der Waals surface area contributed by atoms with Gasteiger partial charge in [-0.25, -0.2) is 0 Å². The van der Waals surface area contributed by atoms with Crippen molar-refractivity contribution in [3.05, 3.63) is 58.9 Å². The Hall–Kier alpha value is -3.06. The van der Waals surface area contributed by atoms with Crippen LogP contribution in [0.3, 0.4) is 0 Å². The van der Waals surface area contributed by atoms with Gasteiger partial charge in [-0.1, -0.05) is 17.7 Å². The van der Waals surface area contributed by atoms with E-state index in [2.05, 4.69) is 10.2 Å². The molecule has 0 spiro atoms. The zero-order valence-electron chi connectivity index (χ0n) is 15.1. The van der Waals surface area contributed by atoms with Crippen molar-refractivity contribution in [3.8, 4) is 23.0 Å². The van der Waals surface area contributed by atoms with Crippen LogP contribution in [0.15, 0.2) is 46.9 Å². The van der Waals surface area contributed by atoms with E-state index in [1.807, 2.05) is 0 Å². The van der Waals surface area contributed by atoms with E-state index in [0.717, 1.165) is 0 Å². The number of benzene rings is 2. The summed E-state index contributed by atoms with van der Waals surface area (Å²) in [6.07, 6.45) is 0. The van der Waals surface area contributed by atoms with E-state index in [0.29, 0.717) is 39.4 Å². The van der Waals surface area contributed by atoms with Crippen LogP contribution in [0.5, 0.6) is 11.5 Å². The normalized spacial score (nSPS) is 10.5. The van der Waals surface area contributed by atoms with Gasteiger partial charge in [0.15, 0.2) is 11.5 Å². The van der Waals surface area contributed by atoms with Gasteiger partial charge in [0.05, 0.1) is 20.8 Å². The third-order valence-corrected chi connectivity index (χ3v) is 4.12. The van der Waals surface area contributed by atoms with E-state index in [-0.39, 0.29) is 12.5 Å². The summed E-state index contributed by atoms with van der Waals surface area (Å²) in [6.45, 7) is 0.172. The molecular formula is C19H18ClN3O4. The molecule has 1 amide bonds. The molecule has 140 valence electrons. The number of aromatic nitrogens is 2. The van der Waals surface area contributed by atoms with Crippen LogP contribution in [0.25, 0.3) is 11.5 Å². The summed E-state index contributed by atoms with van der Waals surface area (Å²) in [5.41, 5.74) is 1.18. The molecule has 0 saturated heterocycles. The lowest BCUT2D eigenvalue weighted by atomic mass is 10.2. The second kappa shape index (κ2) is 8.09. The maximum absolute atomic E-state index is 12.5. The minimum absolute atomic E-state index is 0.172. The summed E-state index contributed by atoms with van der Waals surface area (Å²) in [6, 6.07) is 12.1. The average molecular weight is 388 g/mol. The zero-order chi connectivity index (χ0) is 19.4. The first kappa shape index (κ1) is 18.7. The van der Waals surface area contributed by atoms with E-state index in [1.165, 1.54) is 4.90 Å². The Labute approximate surface area is 161 Å². The van der Waals surface area contributed by atoms with Crippen molar-refractivity contribution in [2.75, 3.05) is 21.3 Å². The average Bonchev–Trinajstić information content (AvgIpc) is 3.15. The fourth-order valence-corrected chi connectivity index (χ4v) is 2.71. The topological polar surface area (TPSA) is 77.7 Å². The van der Waals surface area contributed by atoms with E-state index in [1.54, 1.807) is 63.7 Å². The van der Waals surface area contributed by atoms with Gasteiger partial charge < -0.3 is 18.8 Å². The number of halogens is 1. The van der Waals surface area contributed by atoms with Crippen molar-refractivity contribution in [1.29, 1.82) is 0 Å². The standard InChI is InChI=1S/C19H18ClN3O4/c1-23(19(24)13-5-4-6-14(20)9-13)11-17-21-22-18(27-17)12-7-8-15(25-2)16(10-12)26-3/h4-10H,11H2,1-3H3. The lowest BCUT2D eigenvalue weighted by Gasteiger charge is -2.14. The van der Waals surface area contributed by atoms with Gasteiger partial charge in [-0.15, -0.1) is 10.2 Å². The number of amides is 1. The van der Waals surface area contributed by atoms with Crippen molar-refractivity contribution in [1.82, 2.24) is 15.1 Å². The summed E-state index contributed by atoms with van der Waals surface area (Å²) in [5.74, 6) is 1.62. The molecule has 0 bridgehead atoms. The molecule has 0 saturated carbocycles. The highest BCUT2D eigenvalue weighted by molar-refractivity contribution is 6.30. The highest BCUT2D eigenvalue weighted by atomic mass is 35.5. The van der Waals surface area contributed by atoms with Crippen LogP contribution in [-0.4, -0.2) is 42.3 Å². The zero-order valence-corrected chi connectivity index (χ0v) is 15.9. The molecule has 27 heavy (non-hydrogen) atoms. The predicted molar refractivity (Wildman–Crippen MR) is 100 cm³/mol. The van der Waals surface area contributed by atoms with Gasteiger partial charge in [0.25, 0.3) is 5.91 Å². The molecule has 0 aliphatic heterocycles. The molecule has 0 aliphatic rings. The largest absolute Gasteiger partial charge is 0.493 e. The minimum atomic E-state index is -0.191. The Bertz CT molecular complexity index is 958. The number of hydrogen-bond donors (Lipinski definition) is 0. The van der Waals surface area contributed by atoms with Gasteiger partial charge in [-0.3, -0.25) is 4.79 Å². The van der Waals surface area contributed by atoms with E-state index in [4.69, 9.17) is 25.5 Å². The third kappa shape index (κ3) is 4.20. The molecule has 2 aromatic carbocycles. The smallest absolute Gasteiger partial charge is 0.254 e. The molecule has 0 N–H and O–H groups in total. The predicted octanol–water partition coefficient (Wildman–Crippen LogP) is 3.68. The first-order valence-corrected chi connectivity index (χ1v) is 8.45. The van der Waals surface area contributed by atoms with Crippen LogP contribution in [0.4, 0.5) is 0 Å². The molecule has 0 aliphatic carbocycles. The molecule has 0 fully saturated rings. The van der Waals surface area contributed by atoms with Crippen molar-refractivity contribution in [2.24, 2.45) is 0 Å². The number of carbonyl (C=O) groups excluding carboxylic acids is 1. The number of carbonyl (C=O) groups is 1. The number of ether oxygens (including phenoxy) is 2. The van der Waals surface area contributed by atoms with Gasteiger partial charge in [0.1, 0.15) is 0 Å². The second-order valence-electron chi connectivity index (χ2n) is 5.74. The fraction of sp³-hybridized carbons (Fsp3) is 0.211. The van der Waals surface area contributed by atoms with E-state index < -0.39 is 0 Å². The van der Waals surface area contributed by atoms with Crippen LogP contribution in [0, 0.1) is 0 Å². The molecule has 3 rings (SSSR count). The summed E-state index contributed by atoms with van der Waals surface area (Å²) in [7, 11) is 4.77. The van der Waals surface area contributed by atoms with Crippen LogP contribution < -0.4 is 9.47 Å². The van der Waals surface area contributed by atoms with Gasteiger partial charge in [-0.2, -0.15) is 0 Å². The summed E-state index contributed by atoms with van der Waals surface area (Å²) < 4.78 is 16.2. The third-order valence-electron chi connectivity index (χ3n) is 3.89. The van der Waals surface area contributed by atoms with Crippen LogP contribution >= 0.6 is 11.6 Å². The molecule has 0 radical (unpaired) electrons. The number of rotatable bonds is 6. The highest BCUT2D eigenvalue weighted by Gasteiger charge is 2.17. The number of hydrogen-bond acceptors (Lipinski definition) is 6. The van der Waals surface area contributed by atoms with Crippen molar-refractivity contribution < 1.29 is 18.7 Å². The lowest BCUT2D eigenvalue weighted by molar-refractivity contribution is 0.0773. The first-order valence-electron chi connectivity index (χ1n) is 8.07. The van der Waals surface area contributed by atoms with E-state index in [9.17, 15) is 4.79 Å². The summed E-state index contributed by atoms with van der Waals surface area (Å²) >= 11 is 5.94. The number of methoxy groups -OCH3 is 2. The fourth-order valence-electron chi connectivity index (χ4n) is 2.52. The highest BCUT2D eigenvalue weighted by Crippen LogP contribution is 2.31. The van der Waals surface area contributed by atoms with Crippen molar-refractivity contribution in [3.63, 3.8) is 0 Å². The van der Waals surface area contributed by atoms with E-state index >= 15 is 0 Å². The van der Waals surface area contributed by atoms with Gasteiger partial charge in [0.2, 0.25) is 11.8 Å². The van der Waals surface area contributed by atoms with Crippen LogP contribution in [0.1, 0.15) is 16.2 Å². The Morgan fingerprint density at radius 3 is 2.59 bits per heavy atom. The molecular weight excluding hydrogens is 370 g/mol. The summed E-state index contributed by atoms with van der Waals surface area (Å²) in [5, 5.41) is 8.56. The molecule has 0 atom stereocenters. The Balaban J connectivity index is 1.75. The monoisotopic (exact) mass is 387 g/mol. The first-order chi connectivity index (χ1) is 13.0. The minimum Gasteiger partial charge on any atom is -0.493 e. The van der Waals surface area contributed by atoms with Gasteiger partial charge in [-0.05, 0) is 36.4 Å². The molecule has 0 unspecified atom stereocenters. The van der Waals surface area contributed by atoms with Crippen molar-refractivity contribution >= 4 is 17.5 Å². The molecule has 7 nitrogen and oxygen atoms in total. The summed E-state index contributed by atoms with van der Waals surface area (Å²) in [4.78, 5) is 14.0. The quantitative estimate of drug-likeness (QED) is 0.642. The maximum Gasteiger partial charge on any atom is 0.254 e. The number of nitrogens with zero attached hydrogens (tertiary/aromatic N) is 3. The van der Waals surface area contributed by atoms with Crippen LogP contribution in [-0.2, 0) is 6.54 Å². The SMILES string of the molecule is COc1ccc(-c2nnc(CN(C)C(=O)c3cccc(Cl)c3)o2)cc1OC. The second-order valence-corrected chi connectivity index (χ2v) is 6.18. The lowest BCUT2D eigenvalue weighted by Crippen LogP contribution is -2.26. The molecule has 1 heterocycles. The van der Waals surface area contributed by atoms with Crippen molar-refractivity contribution in [2.45, 2.75) is 6.54 Å². The molecule has 1 aromatic heterocycles. The Morgan fingerprint density at radius 1 is 1.11 bits per heavy atom. The van der Waals surface area contributed by atoms with Gasteiger partial charge >= 0.3 is 0 Å². The van der Waals surface area contributed by atoms with Crippen LogP contribution in [0.2, 0.25) is 5.02 Å². The maximum atomic E-state index is 12.5.